The van der Waals surface area contributed by atoms with Gasteiger partial charge in [-0.15, -0.1) is 0 Å². The third-order valence-corrected chi connectivity index (χ3v) is 8.23. The monoisotopic (exact) mass is 565 g/mol. The van der Waals surface area contributed by atoms with E-state index in [-0.39, 0.29) is 5.82 Å². The second-order valence-corrected chi connectivity index (χ2v) is 11.0. The van der Waals surface area contributed by atoms with Crippen molar-refractivity contribution in [1.82, 2.24) is 24.8 Å². The van der Waals surface area contributed by atoms with E-state index in [2.05, 4.69) is 85.8 Å². The number of pyridine rings is 2. The topological polar surface area (TPSA) is 99.9 Å². The molecule has 7 rings (SSSR count). The summed E-state index contributed by atoms with van der Waals surface area (Å²) in [5, 5.41) is 12.5. The van der Waals surface area contributed by atoms with Crippen LogP contribution in [0.25, 0.3) is 33.5 Å². The molecule has 5 aromatic rings. The maximum absolute atomic E-state index is 9.06. The molecule has 5 heterocycles. The predicted molar refractivity (Wildman–Crippen MR) is 166 cm³/mol. The second-order valence-electron chi connectivity index (χ2n) is 11.0. The Balaban J connectivity index is 1.10. The number of ether oxygens (including phenoxy) is 1. The summed E-state index contributed by atoms with van der Waals surface area (Å²) in [5.74, 6) is 1.58. The van der Waals surface area contributed by atoms with Crippen molar-refractivity contribution in [2.45, 2.75) is 31.8 Å². The molecule has 2 aliphatic rings. The third kappa shape index (κ3) is 5.68. The number of likely N-dealkylation sites (tertiary alicyclic amines) is 1. The zero-order valence-corrected chi connectivity index (χ0v) is 23.8. The standard InChI is InChI=1S/C35H31N7O/c36-21-32-37-17-12-31(41-32)40-27-13-18-42(19-14-27)23-24-8-10-26(11-9-24)34-33(25-5-2-1-3-6-25)28-15-20-43-35-29(7-4-16-38-35)30(28)22-39-34/h1-12,16-17,22,27H,13-15,18-20,23H2,(H,37,40,41). The molecule has 0 saturated carbocycles. The van der Waals surface area contributed by atoms with Crippen LogP contribution in [0.15, 0.2) is 91.4 Å². The van der Waals surface area contributed by atoms with Crippen LogP contribution in [0.1, 0.15) is 29.8 Å². The molecule has 8 nitrogen and oxygen atoms in total. The Bertz CT molecular complexity index is 1780. The average Bonchev–Trinajstić information content (AvgIpc) is 3.26. The van der Waals surface area contributed by atoms with E-state index < -0.39 is 0 Å². The van der Waals surface area contributed by atoms with Gasteiger partial charge < -0.3 is 10.1 Å². The fourth-order valence-electron chi connectivity index (χ4n) is 6.10. The van der Waals surface area contributed by atoms with E-state index in [1.54, 1.807) is 12.4 Å². The lowest BCUT2D eigenvalue weighted by atomic mass is 9.89. The van der Waals surface area contributed by atoms with Crippen molar-refractivity contribution in [2.75, 3.05) is 25.0 Å². The first-order valence-corrected chi connectivity index (χ1v) is 14.7. The highest BCUT2D eigenvalue weighted by atomic mass is 16.5. The second kappa shape index (κ2) is 12.0. The lowest BCUT2D eigenvalue weighted by Crippen LogP contribution is -2.38. The van der Waals surface area contributed by atoms with E-state index in [0.29, 0.717) is 18.5 Å². The largest absolute Gasteiger partial charge is 0.477 e. The van der Waals surface area contributed by atoms with Crippen LogP contribution in [0.4, 0.5) is 5.82 Å². The molecule has 1 saturated heterocycles. The molecule has 0 atom stereocenters. The van der Waals surface area contributed by atoms with Crippen molar-refractivity contribution in [3.8, 4) is 45.5 Å². The molecule has 0 spiro atoms. The summed E-state index contributed by atoms with van der Waals surface area (Å²) in [4.78, 5) is 20.2. The number of rotatable bonds is 6. The first kappa shape index (κ1) is 26.7. The van der Waals surface area contributed by atoms with Crippen molar-refractivity contribution in [1.29, 1.82) is 5.26 Å². The van der Waals surface area contributed by atoms with E-state index >= 15 is 0 Å². The number of hydrogen-bond donors (Lipinski definition) is 1. The van der Waals surface area contributed by atoms with Gasteiger partial charge in [0.05, 0.1) is 12.3 Å². The Morgan fingerprint density at radius 2 is 1.70 bits per heavy atom. The van der Waals surface area contributed by atoms with E-state index in [1.807, 2.05) is 24.4 Å². The number of aromatic nitrogens is 4. The minimum absolute atomic E-state index is 0.194. The maximum Gasteiger partial charge on any atom is 0.234 e. The van der Waals surface area contributed by atoms with Crippen LogP contribution >= 0.6 is 0 Å². The smallest absolute Gasteiger partial charge is 0.234 e. The fourth-order valence-corrected chi connectivity index (χ4v) is 6.10. The summed E-state index contributed by atoms with van der Waals surface area (Å²) >= 11 is 0. The minimum atomic E-state index is 0.194. The Hall–Kier alpha value is -5.13. The molecule has 1 N–H and O–H groups in total. The van der Waals surface area contributed by atoms with Crippen LogP contribution in [0, 0.1) is 11.3 Å². The normalized spacial score (nSPS) is 15.0. The Morgan fingerprint density at radius 3 is 2.51 bits per heavy atom. The number of fused-ring (bicyclic) bond motifs is 3. The van der Waals surface area contributed by atoms with Gasteiger partial charge in [0.2, 0.25) is 11.7 Å². The molecule has 0 amide bonds. The molecular weight excluding hydrogens is 534 g/mol. The highest BCUT2D eigenvalue weighted by Crippen LogP contribution is 2.42. The SMILES string of the molecule is N#Cc1nccc(NC2CCN(Cc3ccc(-c4ncc5c(c4-c4ccccc4)CCOc4ncccc4-5)cc3)CC2)n1. The van der Waals surface area contributed by atoms with Crippen LogP contribution < -0.4 is 10.1 Å². The summed E-state index contributed by atoms with van der Waals surface area (Å²) in [7, 11) is 0. The number of benzene rings is 2. The highest BCUT2D eigenvalue weighted by molar-refractivity contribution is 5.89. The van der Waals surface area contributed by atoms with Gasteiger partial charge in [-0.3, -0.25) is 9.88 Å². The summed E-state index contributed by atoms with van der Waals surface area (Å²) in [5.41, 5.74) is 9.01. The molecule has 0 unspecified atom stereocenters. The lowest BCUT2D eigenvalue weighted by molar-refractivity contribution is 0.211. The van der Waals surface area contributed by atoms with Crippen LogP contribution in [0.2, 0.25) is 0 Å². The van der Waals surface area contributed by atoms with Gasteiger partial charge in [-0.25, -0.2) is 15.0 Å². The lowest BCUT2D eigenvalue weighted by Gasteiger charge is -2.32. The molecule has 0 bridgehead atoms. The quantitative estimate of drug-likeness (QED) is 0.262. The van der Waals surface area contributed by atoms with Crippen molar-refractivity contribution in [2.24, 2.45) is 0 Å². The van der Waals surface area contributed by atoms with Gasteiger partial charge in [-0.2, -0.15) is 5.26 Å². The van der Waals surface area contributed by atoms with E-state index in [4.69, 9.17) is 15.0 Å². The van der Waals surface area contributed by atoms with E-state index in [1.165, 1.54) is 11.1 Å². The van der Waals surface area contributed by atoms with Gasteiger partial charge in [0.25, 0.3) is 0 Å². The average molecular weight is 566 g/mol. The number of nitrogens with one attached hydrogen (secondary N) is 1. The molecule has 0 radical (unpaired) electrons. The van der Waals surface area contributed by atoms with E-state index in [0.717, 1.165) is 78.2 Å². The molecule has 212 valence electrons. The fraction of sp³-hybridized carbons (Fsp3) is 0.229. The zero-order chi connectivity index (χ0) is 29.0. The van der Waals surface area contributed by atoms with Crippen molar-refractivity contribution < 1.29 is 4.74 Å². The first-order chi connectivity index (χ1) is 21.2. The molecule has 43 heavy (non-hydrogen) atoms. The highest BCUT2D eigenvalue weighted by Gasteiger charge is 2.24. The summed E-state index contributed by atoms with van der Waals surface area (Å²) < 4.78 is 6.04. The molecular formula is C35H31N7O. The van der Waals surface area contributed by atoms with E-state index in [9.17, 15) is 0 Å². The van der Waals surface area contributed by atoms with Gasteiger partial charge in [-0.05, 0) is 47.7 Å². The Kier molecular flexibility index (Phi) is 7.47. The van der Waals surface area contributed by atoms with Crippen molar-refractivity contribution in [3.05, 3.63) is 108 Å². The number of piperidine rings is 1. The maximum atomic E-state index is 9.06. The van der Waals surface area contributed by atoms with Gasteiger partial charge in [0.1, 0.15) is 11.9 Å². The van der Waals surface area contributed by atoms with Crippen molar-refractivity contribution >= 4 is 5.82 Å². The van der Waals surface area contributed by atoms with Crippen LogP contribution in [-0.2, 0) is 13.0 Å². The molecule has 1 fully saturated rings. The Morgan fingerprint density at radius 1 is 0.860 bits per heavy atom. The molecule has 0 aliphatic carbocycles. The zero-order valence-electron chi connectivity index (χ0n) is 23.8. The molecule has 3 aromatic heterocycles. The number of nitriles is 1. The van der Waals surface area contributed by atoms with Gasteiger partial charge in [-0.1, -0.05) is 54.6 Å². The first-order valence-electron chi connectivity index (χ1n) is 14.7. The third-order valence-electron chi connectivity index (χ3n) is 8.23. The van der Waals surface area contributed by atoms with Crippen LogP contribution in [0.3, 0.4) is 0 Å². The molecule has 8 heteroatoms. The number of anilines is 1. The van der Waals surface area contributed by atoms with Crippen LogP contribution in [-0.4, -0.2) is 50.6 Å². The summed E-state index contributed by atoms with van der Waals surface area (Å²) in [6.07, 6.45) is 8.21. The Labute approximate surface area is 251 Å². The number of nitrogens with zero attached hydrogens (tertiary/aromatic N) is 6. The molecule has 2 aliphatic heterocycles. The van der Waals surface area contributed by atoms with Gasteiger partial charge in [0.15, 0.2) is 0 Å². The van der Waals surface area contributed by atoms with Crippen LogP contribution in [0.5, 0.6) is 5.88 Å². The number of hydrogen-bond acceptors (Lipinski definition) is 8. The summed E-state index contributed by atoms with van der Waals surface area (Å²) in [6.45, 7) is 3.48. The predicted octanol–water partition coefficient (Wildman–Crippen LogP) is 6.15. The molecule has 2 aromatic carbocycles. The van der Waals surface area contributed by atoms with Gasteiger partial charge in [0, 0.05) is 72.9 Å². The van der Waals surface area contributed by atoms with Crippen molar-refractivity contribution in [3.63, 3.8) is 0 Å². The minimum Gasteiger partial charge on any atom is -0.477 e. The van der Waals surface area contributed by atoms with Gasteiger partial charge >= 0.3 is 0 Å². The summed E-state index contributed by atoms with van der Waals surface area (Å²) in [6, 6.07) is 27.6.